The molecule has 0 aromatic carbocycles. The summed E-state index contributed by atoms with van der Waals surface area (Å²) in [5, 5.41) is 0. The van der Waals surface area contributed by atoms with Gasteiger partial charge in [0.15, 0.2) is 0 Å². The van der Waals surface area contributed by atoms with Gasteiger partial charge in [0.25, 0.3) is 0 Å². The first-order valence-corrected chi connectivity index (χ1v) is 5.88. The first-order chi connectivity index (χ1) is 8.25. The van der Waals surface area contributed by atoms with Crippen LogP contribution in [0.3, 0.4) is 0 Å². The minimum atomic E-state index is 0.625. The fourth-order valence-electron chi connectivity index (χ4n) is 1.77. The molecule has 0 aliphatic heterocycles. The number of halogens is 1. The van der Waals surface area contributed by atoms with E-state index in [0.29, 0.717) is 5.82 Å². The number of aromatic nitrogens is 3. The summed E-state index contributed by atoms with van der Waals surface area (Å²) < 4.78 is 2.77. The van der Waals surface area contributed by atoms with Gasteiger partial charge in [-0.3, -0.25) is 9.38 Å². The van der Waals surface area contributed by atoms with Crippen molar-refractivity contribution in [3.63, 3.8) is 0 Å². The van der Waals surface area contributed by atoms with E-state index >= 15 is 0 Å². The van der Waals surface area contributed by atoms with Crippen molar-refractivity contribution in [2.75, 3.05) is 5.73 Å². The lowest BCUT2D eigenvalue weighted by molar-refractivity contribution is 1.20. The van der Waals surface area contributed by atoms with E-state index in [9.17, 15) is 0 Å². The Labute approximate surface area is 106 Å². The van der Waals surface area contributed by atoms with Crippen molar-refractivity contribution in [1.29, 1.82) is 0 Å². The lowest BCUT2D eigenvalue weighted by Gasteiger charge is -1.99. The number of nitrogen functional groups attached to an aromatic ring is 1. The molecule has 3 heterocycles. The summed E-state index contributed by atoms with van der Waals surface area (Å²) in [5.74, 6) is 0.625. The molecule has 0 radical (unpaired) electrons. The maximum atomic E-state index is 6.08. The molecule has 0 amide bonds. The van der Waals surface area contributed by atoms with Crippen LogP contribution >= 0.6 is 15.9 Å². The third-order valence-electron chi connectivity index (χ3n) is 2.55. The molecule has 3 rings (SSSR count). The fourth-order valence-corrected chi connectivity index (χ4v) is 2.13. The molecule has 0 bridgehead atoms. The van der Waals surface area contributed by atoms with E-state index < -0.39 is 0 Å². The Morgan fingerprint density at radius 1 is 1.24 bits per heavy atom. The largest absolute Gasteiger partial charge is 0.383 e. The molecular weight excluding hydrogens is 280 g/mol. The molecule has 17 heavy (non-hydrogen) atoms. The van der Waals surface area contributed by atoms with Crippen molar-refractivity contribution >= 4 is 27.4 Å². The van der Waals surface area contributed by atoms with E-state index in [-0.39, 0.29) is 0 Å². The molecule has 0 saturated carbocycles. The van der Waals surface area contributed by atoms with Crippen LogP contribution in [0.15, 0.2) is 47.3 Å². The molecule has 0 unspecified atom stereocenters. The highest BCUT2D eigenvalue weighted by Gasteiger charge is 2.11. The Morgan fingerprint density at radius 2 is 2.12 bits per heavy atom. The van der Waals surface area contributed by atoms with Crippen molar-refractivity contribution in [2.24, 2.45) is 0 Å². The maximum Gasteiger partial charge on any atom is 0.139 e. The second-order valence-electron chi connectivity index (χ2n) is 3.67. The number of pyridine rings is 2. The average Bonchev–Trinajstić information content (AvgIpc) is 2.68. The number of hydrogen-bond acceptors (Lipinski definition) is 3. The minimum Gasteiger partial charge on any atom is -0.383 e. The van der Waals surface area contributed by atoms with Crippen LogP contribution < -0.4 is 5.73 Å². The molecular formula is C12H9BrN4. The summed E-state index contributed by atoms with van der Waals surface area (Å²) in [7, 11) is 0. The second-order valence-corrected chi connectivity index (χ2v) is 4.58. The molecule has 84 valence electrons. The number of nitrogens with two attached hydrogens (primary N) is 1. The van der Waals surface area contributed by atoms with Crippen LogP contribution in [0.2, 0.25) is 0 Å². The molecule has 3 aromatic heterocycles. The number of fused-ring (bicyclic) bond motifs is 1. The highest BCUT2D eigenvalue weighted by Crippen LogP contribution is 2.27. The molecule has 4 nitrogen and oxygen atoms in total. The van der Waals surface area contributed by atoms with Gasteiger partial charge in [-0.2, -0.15) is 0 Å². The van der Waals surface area contributed by atoms with Gasteiger partial charge in [-0.1, -0.05) is 6.07 Å². The summed E-state index contributed by atoms with van der Waals surface area (Å²) >= 11 is 3.39. The van der Waals surface area contributed by atoms with Crippen molar-refractivity contribution in [1.82, 2.24) is 14.4 Å². The van der Waals surface area contributed by atoms with Crippen molar-refractivity contribution in [3.8, 4) is 11.3 Å². The second kappa shape index (κ2) is 3.85. The fraction of sp³-hybridized carbons (Fsp3) is 0. The summed E-state index contributed by atoms with van der Waals surface area (Å²) in [6.07, 6.45) is 5.38. The minimum absolute atomic E-state index is 0.625. The number of anilines is 1. The lowest BCUT2D eigenvalue weighted by Crippen LogP contribution is -1.93. The summed E-state index contributed by atoms with van der Waals surface area (Å²) in [6.45, 7) is 0. The SMILES string of the molecule is Nc1c(-c2cncc(Br)c2)nc2ccccn12. The van der Waals surface area contributed by atoms with E-state index in [1.807, 2.05) is 34.9 Å². The van der Waals surface area contributed by atoms with E-state index in [1.165, 1.54) is 0 Å². The van der Waals surface area contributed by atoms with Gasteiger partial charge in [-0.05, 0) is 34.1 Å². The molecule has 2 N–H and O–H groups in total. The normalized spacial score (nSPS) is 10.9. The predicted molar refractivity (Wildman–Crippen MR) is 70.5 cm³/mol. The quantitative estimate of drug-likeness (QED) is 0.749. The van der Waals surface area contributed by atoms with Crippen molar-refractivity contribution in [3.05, 3.63) is 47.3 Å². The zero-order valence-corrected chi connectivity index (χ0v) is 10.4. The van der Waals surface area contributed by atoms with Gasteiger partial charge in [0, 0.05) is 28.6 Å². The Kier molecular flexibility index (Phi) is 2.33. The van der Waals surface area contributed by atoms with E-state index in [2.05, 4.69) is 25.9 Å². The van der Waals surface area contributed by atoms with Gasteiger partial charge in [-0.25, -0.2) is 4.98 Å². The molecule has 5 heteroatoms. The highest BCUT2D eigenvalue weighted by molar-refractivity contribution is 9.10. The van der Waals surface area contributed by atoms with E-state index in [0.717, 1.165) is 21.4 Å². The van der Waals surface area contributed by atoms with Crippen LogP contribution in [0.5, 0.6) is 0 Å². The Hall–Kier alpha value is -1.88. The van der Waals surface area contributed by atoms with Gasteiger partial charge >= 0.3 is 0 Å². The number of hydrogen-bond donors (Lipinski definition) is 1. The van der Waals surface area contributed by atoms with Gasteiger partial charge in [0.05, 0.1) is 0 Å². The Balaban J connectivity index is 2.27. The van der Waals surface area contributed by atoms with Crippen LogP contribution in [-0.2, 0) is 0 Å². The molecule has 3 aromatic rings. The Bertz CT molecular complexity index is 690. The monoisotopic (exact) mass is 288 g/mol. The number of rotatable bonds is 1. The van der Waals surface area contributed by atoms with Gasteiger partial charge in [0.1, 0.15) is 17.2 Å². The van der Waals surface area contributed by atoms with Crippen LogP contribution in [0.25, 0.3) is 16.9 Å². The van der Waals surface area contributed by atoms with Crippen LogP contribution in [-0.4, -0.2) is 14.4 Å². The third-order valence-corrected chi connectivity index (χ3v) is 2.98. The molecule has 0 atom stereocenters. The summed E-state index contributed by atoms with van der Waals surface area (Å²) in [5.41, 5.74) is 8.57. The lowest BCUT2D eigenvalue weighted by atomic mass is 10.2. The molecule has 0 aliphatic carbocycles. The van der Waals surface area contributed by atoms with E-state index in [1.54, 1.807) is 12.4 Å². The standard InChI is InChI=1S/C12H9BrN4/c13-9-5-8(6-15-7-9)11-12(14)17-4-2-1-3-10(17)16-11/h1-7H,14H2. The first-order valence-electron chi connectivity index (χ1n) is 5.09. The Morgan fingerprint density at radius 3 is 2.88 bits per heavy atom. The van der Waals surface area contributed by atoms with Gasteiger partial charge in [0.2, 0.25) is 0 Å². The number of imidazole rings is 1. The summed E-state index contributed by atoms with van der Waals surface area (Å²) in [4.78, 5) is 8.62. The molecule has 0 saturated heterocycles. The van der Waals surface area contributed by atoms with Crippen LogP contribution in [0, 0.1) is 0 Å². The molecule has 0 fully saturated rings. The summed E-state index contributed by atoms with van der Waals surface area (Å²) in [6, 6.07) is 7.73. The van der Waals surface area contributed by atoms with Crippen LogP contribution in [0.1, 0.15) is 0 Å². The topological polar surface area (TPSA) is 56.2 Å². The third kappa shape index (κ3) is 1.68. The molecule has 0 aliphatic rings. The van der Waals surface area contributed by atoms with Gasteiger partial charge in [-0.15, -0.1) is 0 Å². The first kappa shape index (κ1) is 10.3. The zero-order valence-electron chi connectivity index (χ0n) is 8.84. The number of nitrogens with zero attached hydrogens (tertiary/aromatic N) is 3. The average molecular weight is 289 g/mol. The highest BCUT2D eigenvalue weighted by atomic mass is 79.9. The smallest absolute Gasteiger partial charge is 0.139 e. The van der Waals surface area contributed by atoms with Gasteiger partial charge < -0.3 is 5.73 Å². The molecule has 0 spiro atoms. The van der Waals surface area contributed by atoms with Crippen molar-refractivity contribution in [2.45, 2.75) is 0 Å². The van der Waals surface area contributed by atoms with Crippen molar-refractivity contribution < 1.29 is 0 Å². The zero-order chi connectivity index (χ0) is 11.8. The van der Waals surface area contributed by atoms with E-state index in [4.69, 9.17) is 5.73 Å². The van der Waals surface area contributed by atoms with Crippen LogP contribution in [0.4, 0.5) is 5.82 Å². The predicted octanol–water partition coefficient (Wildman–Crippen LogP) is 2.74. The maximum absolute atomic E-state index is 6.08.